The van der Waals surface area contributed by atoms with Crippen molar-refractivity contribution in [3.63, 3.8) is 0 Å². The Balaban J connectivity index is 1.98. The molecule has 1 N–H and O–H groups in total. The highest BCUT2D eigenvalue weighted by atomic mass is 32.2. The lowest BCUT2D eigenvalue weighted by molar-refractivity contribution is 0.102. The first-order valence-electron chi connectivity index (χ1n) is 7.09. The molecule has 0 aliphatic carbocycles. The van der Waals surface area contributed by atoms with Gasteiger partial charge in [-0.05, 0) is 36.4 Å². The number of nitrogens with one attached hydrogen (secondary N) is 1. The van der Waals surface area contributed by atoms with Crippen molar-refractivity contribution in [2.24, 2.45) is 0 Å². The van der Waals surface area contributed by atoms with Gasteiger partial charge in [0, 0.05) is 21.9 Å². The molecule has 0 bridgehead atoms. The van der Waals surface area contributed by atoms with Crippen LogP contribution in [0.2, 0.25) is 0 Å². The Hall–Kier alpha value is -1.33. The number of hydrogen-bond acceptors (Lipinski definition) is 4. The summed E-state index contributed by atoms with van der Waals surface area (Å²) in [6.45, 7) is 6.32. The standard InChI is InChI=1S/C16H20N2OS2/c1-4-9-20-13-7-5-12(6-8-13)17-15(19)14-10-21-16(18-14)11(2)3/h5-8,10-11H,4,9H2,1-3H3,(H,17,19). The Morgan fingerprint density at radius 1 is 1.33 bits per heavy atom. The van der Waals surface area contributed by atoms with Gasteiger partial charge in [-0.1, -0.05) is 20.8 Å². The molecule has 1 heterocycles. The molecule has 0 aliphatic rings. The van der Waals surface area contributed by atoms with Crippen LogP contribution in [0.25, 0.3) is 0 Å². The van der Waals surface area contributed by atoms with Crippen LogP contribution in [0.4, 0.5) is 5.69 Å². The zero-order valence-corrected chi connectivity index (χ0v) is 14.2. The Bertz CT molecular complexity index is 591. The van der Waals surface area contributed by atoms with Crippen LogP contribution in [0.15, 0.2) is 34.5 Å². The molecule has 21 heavy (non-hydrogen) atoms. The normalized spacial score (nSPS) is 10.9. The van der Waals surface area contributed by atoms with Crippen LogP contribution < -0.4 is 5.32 Å². The highest BCUT2D eigenvalue weighted by Crippen LogP contribution is 2.22. The summed E-state index contributed by atoms with van der Waals surface area (Å²) >= 11 is 3.36. The summed E-state index contributed by atoms with van der Waals surface area (Å²) in [5.74, 6) is 1.32. The van der Waals surface area contributed by atoms with E-state index in [2.05, 4.69) is 31.1 Å². The molecule has 1 aromatic heterocycles. The van der Waals surface area contributed by atoms with E-state index in [9.17, 15) is 4.79 Å². The minimum Gasteiger partial charge on any atom is -0.321 e. The number of carbonyl (C=O) groups is 1. The summed E-state index contributed by atoms with van der Waals surface area (Å²) in [6, 6.07) is 7.95. The smallest absolute Gasteiger partial charge is 0.275 e. The topological polar surface area (TPSA) is 42.0 Å². The van der Waals surface area contributed by atoms with Crippen LogP contribution in [0.5, 0.6) is 0 Å². The Morgan fingerprint density at radius 3 is 2.62 bits per heavy atom. The summed E-state index contributed by atoms with van der Waals surface area (Å²) in [4.78, 5) is 17.7. The first-order chi connectivity index (χ1) is 10.1. The molecule has 0 saturated heterocycles. The van der Waals surface area contributed by atoms with E-state index in [4.69, 9.17) is 0 Å². The monoisotopic (exact) mass is 320 g/mol. The van der Waals surface area contributed by atoms with Gasteiger partial charge in [0.2, 0.25) is 0 Å². The summed E-state index contributed by atoms with van der Waals surface area (Å²) in [5, 5.41) is 5.70. The predicted molar refractivity (Wildman–Crippen MR) is 91.6 cm³/mol. The van der Waals surface area contributed by atoms with Gasteiger partial charge in [-0.3, -0.25) is 4.79 Å². The fourth-order valence-electron chi connectivity index (χ4n) is 1.71. The average molecular weight is 320 g/mol. The summed E-state index contributed by atoms with van der Waals surface area (Å²) in [6.07, 6.45) is 1.16. The third kappa shape index (κ3) is 4.58. The predicted octanol–water partition coefficient (Wildman–Crippen LogP) is 5.02. The molecule has 3 nitrogen and oxygen atoms in total. The lowest BCUT2D eigenvalue weighted by Crippen LogP contribution is -2.12. The number of rotatable bonds is 6. The average Bonchev–Trinajstić information content (AvgIpc) is 2.97. The van der Waals surface area contributed by atoms with Gasteiger partial charge in [-0.2, -0.15) is 0 Å². The van der Waals surface area contributed by atoms with E-state index in [1.807, 2.05) is 41.4 Å². The van der Waals surface area contributed by atoms with Gasteiger partial charge in [0.1, 0.15) is 5.69 Å². The van der Waals surface area contributed by atoms with E-state index < -0.39 is 0 Å². The molecule has 1 aromatic carbocycles. The van der Waals surface area contributed by atoms with E-state index in [1.54, 1.807) is 0 Å². The van der Waals surface area contributed by atoms with E-state index in [0.29, 0.717) is 11.6 Å². The highest BCUT2D eigenvalue weighted by molar-refractivity contribution is 7.99. The largest absolute Gasteiger partial charge is 0.321 e. The molecule has 2 aromatic rings. The summed E-state index contributed by atoms with van der Waals surface area (Å²) in [7, 11) is 0. The van der Waals surface area contributed by atoms with Crippen LogP contribution >= 0.6 is 23.1 Å². The second-order valence-corrected chi connectivity index (χ2v) is 7.11. The van der Waals surface area contributed by atoms with Crippen molar-refractivity contribution in [1.29, 1.82) is 0 Å². The maximum absolute atomic E-state index is 12.1. The van der Waals surface area contributed by atoms with Gasteiger partial charge in [0.25, 0.3) is 5.91 Å². The van der Waals surface area contributed by atoms with Crippen molar-refractivity contribution in [2.45, 2.75) is 38.0 Å². The number of carbonyl (C=O) groups excluding carboxylic acids is 1. The van der Waals surface area contributed by atoms with Crippen LogP contribution in [0.1, 0.15) is 48.6 Å². The fourth-order valence-corrected chi connectivity index (χ4v) is 3.29. The van der Waals surface area contributed by atoms with E-state index in [0.717, 1.165) is 22.9 Å². The zero-order chi connectivity index (χ0) is 15.2. The van der Waals surface area contributed by atoms with Gasteiger partial charge in [0.15, 0.2) is 0 Å². The number of anilines is 1. The fraction of sp³-hybridized carbons (Fsp3) is 0.375. The van der Waals surface area contributed by atoms with Crippen molar-refractivity contribution in [3.8, 4) is 0 Å². The molecule has 1 amide bonds. The molecule has 0 fully saturated rings. The maximum atomic E-state index is 12.1. The number of amides is 1. The molecule has 0 unspecified atom stereocenters. The lowest BCUT2D eigenvalue weighted by atomic mass is 10.2. The number of nitrogens with zero attached hydrogens (tertiary/aromatic N) is 1. The van der Waals surface area contributed by atoms with E-state index in [1.165, 1.54) is 16.2 Å². The zero-order valence-electron chi connectivity index (χ0n) is 12.6. The SMILES string of the molecule is CCCSc1ccc(NC(=O)c2csc(C(C)C)n2)cc1. The second-order valence-electron chi connectivity index (χ2n) is 5.05. The molecule has 5 heteroatoms. The van der Waals surface area contributed by atoms with Gasteiger partial charge >= 0.3 is 0 Å². The van der Waals surface area contributed by atoms with Crippen molar-refractivity contribution < 1.29 is 4.79 Å². The van der Waals surface area contributed by atoms with Gasteiger partial charge < -0.3 is 5.32 Å². The third-order valence-corrected chi connectivity index (χ3v) is 5.20. The van der Waals surface area contributed by atoms with Crippen molar-refractivity contribution in [2.75, 3.05) is 11.1 Å². The number of thiazole rings is 1. The molecule has 0 atom stereocenters. The van der Waals surface area contributed by atoms with Crippen LogP contribution in [0.3, 0.4) is 0 Å². The van der Waals surface area contributed by atoms with Crippen LogP contribution in [-0.4, -0.2) is 16.6 Å². The quantitative estimate of drug-likeness (QED) is 0.760. The van der Waals surface area contributed by atoms with Crippen LogP contribution in [-0.2, 0) is 0 Å². The number of aromatic nitrogens is 1. The Labute approximate surface area is 134 Å². The third-order valence-electron chi connectivity index (χ3n) is 2.83. The van der Waals surface area contributed by atoms with Gasteiger partial charge in [-0.15, -0.1) is 23.1 Å². The number of thioether (sulfide) groups is 1. The number of hydrogen-bond donors (Lipinski definition) is 1. The van der Waals surface area contributed by atoms with E-state index >= 15 is 0 Å². The Kier molecular flexibility index (Phi) is 5.82. The minimum atomic E-state index is -0.146. The van der Waals surface area contributed by atoms with E-state index in [-0.39, 0.29) is 5.91 Å². The van der Waals surface area contributed by atoms with Crippen molar-refractivity contribution in [3.05, 3.63) is 40.3 Å². The van der Waals surface area contributed by atoms with Crippen LogP contribution in [0, 0.1) is 0 Å². The van der Waals surface area contributed by atoms with Gasteiger partial charge in [-0.25, -0.2) is 4.98 Å². The molecule has 0 aliphatic heterocycles. The molecule has 0 spiro atoms. The van der Waals surface area contributed by atoms with Gasteiger partial charge in [0.05, 0.1) is 5.01 Å². The number of benzene rings is 1. The molecule has 112 valence electrons. The first kappa shape index (κ1) is 16.0. The summed E-state index contributed by atoms with van der Waals surface area (Å²) < 4.78 is 0. The molecule has 0 saturated carbocycles. The lowest BCUT2D eigenvalue weighted by Gasteiger charge is -2.05. The highest BCUT2D eigenvalue weighted by Gasteiger charge is 2.12. The molecular weight excluding hydrogens is 300 g/mol. The minimum absolute atomic E-state index is 0.146. The molecule has 2 rings (SSSR count). The maximum Gasteiger partial charge on any atom is 0.275 e. The Morgan fingerprint density at radius 2 is 2.05 bits per heavy atom. The van der Waals surface area contributed by atoms with Crippen molar-refractivity contribution in [1.82, 2.24) is 4.98 Å². The molecular formula is C16H20N2OS2. The second kappa shape index (κ2) is 7.61. The first-order valence-corrected chi connectivity index (χ1v) is 8.96. The van der Waals surface area contributed by atoms with Crippen molar-refractivity contribution >= 4 is 34.7 Å². The molecule has 0 radical (unpaired) electrons. The summed E-state index contributed by atoms with van der Waals surface area (Å²) in [5.41, 5.74) is 1.30.